The lowest BCUT2D eigenvalue weighted by atomic mass is 9.75. The van der Waals surface area contributed by atoms with E-state index in [1.807, 2.05) is 29.8 Å². The number of thiazole rings is 1. The van der Waals surface area contributed by atoms with E-state index >= 15 is 0 Å². The lowest BCUT2D eigenvalue weighted by Gasteiger charge is -2.28. The highest BCUT2D eigenvalue weighted by Crippen LogP contribution is 2.37. The fourth-order valence-electron chi connectivity index (χ4n) is 3.25. The SMILES string of the molecule is Cc1nn(-c2nc3ccccc3s2)c2c1C(=O)CC(C)(C)C2. The molecule has 3 aromatic rings. The average Bonchev–Trinajstić information content (AvgIpc) is 2.98. The molecule has 22 heavy (non-hydrogen) atoms. The van der Waals surface area contributed by atoms with Crippen LogP contribution in [-0.2, 0) is 6.42 Å². The Labute approximate surface area is 132 Å². The molecule has 0 saturated carbocycles. The maximum Gasteiger partial charge on any atom is 0.211 e. The van der Waals surface area contributed by atoms with E-state index in [2.05, 4.69) is 30.0 Å². The van der Waals surface area contributed by atoms with Gasteiger partial charge in [-0.05, 0) is 30.9 Å². The zero-order chi connectivity index (χ0) is 15.5. The lowest BCUT2D eigenvalue weighted by molar-refractivity contribution is 0.0910. The van der Waals surface area contributed by atoms with E-state index in [1.54, 1.807) is 11.3 Å². The summed E-state index contributed by atoms with van der Waals surface area (Å²) in [4.78, 5) is 17.2. The summed E-state index contributed by atoms with van der Waals surface area (Å²) in [6.07, 6.45) is 1.44. The number of hydrogen-bond acceptors (Lipinski definition) is 4. The van der Waals surface area contributed by atoms with Crippen molar-refractivity contribution in [3.63, 3.8) is 0 Å². The lowest BCUT2D eigenvalue weighted by Crippen LogP contribution is -2.28. The van der Waals surface area contributed by atoms with E-state index in [-0.39, 0.29) is 11.2 Å². The molecule has 2 heterocycles. The Morgan fingerprint density at radius 3 is 2.77 bits per heavy atom. The third-order valence-corrected chi connectivity index (χ3v) is 5.20. The van der Waals surface area contributed by atoms with Gasteiger partial charge in [0.05, 0.1) is 27.2 Å². The molecular formula is C17H17N3OS. The molecule has 1 aliphatic carbocycles. The van der Waals surface area contributed by atoms with Crippen molar-refractivity contribution in [2.24, 2.45) is 5.41 Å². The summed E-state index contributed by atoms with van der Waals surface area (Å²) >= 11 is 1.62. The number of hydrogen-bond donors (Lipinski definition) is 0. The molecule has 0 aliphatic heterocycles. The first-order valence-corrected chi connectivity index (χ1v) is 8.24. The largest absolute Gasteiger partial charge is 0.294 e. The number of aryl methyl sites for hydroxylation is 1. The Morgan fingerprint density at radius 2 is 2.00 bits per heavy atom. The molecule has 1 aromatic carbocycles. The predicted octanol–water partition coefficient (Wildman–Crippen LogP) is 3.95. The molecule has 5 heteroatoms. The van der Waals surface area contributed by atoms with Crippen LogP contribution >= 0.6 is 11.3 Å². The molecule has 0 spiro atoms. The Hall–Kier alpha value is -2.01. The van der Waals surface area contributed by atoms with E-state index in [4.69, 9.17) is 0 Å². The zero-order valence-corrected chi connectivity index (χ0v) is 13.7. The molecule has 0 fully saturated rings. The first-order chi connectivity index (χ1) is 10.4. The highest BCUT2D eigenvalue weighted by atomic mass is 32.1. The molecule has 2 aromatic heterocycles. The van der Waals surface area contributed by atoms with Crippen molar-refractivity contribution in [1.82, 2.24) is 14.8 Å². The van der Waals surface area contributed by atoms with E-state index in [9.17, 15) is 4.79 Å². The van der Waals surface area contributed by atoms with Gasteiger partial charge in [0, 0.05) is 6.42 Å². The molecular weight excluding hydrogens is 294 g/mol. The minimum absolute atomic E-state index is 0.0228. The van der Waals surface area contributed by atoms with Crippen LogP contribution in [0.15, 0.2) is 24.3 Å². The van der Waals surface area contributed by atoms with E-state index in [1.165, 1.54) is 0 Å². The summed E-state index contributed by atoms with van der Waals surface area (Å²) in [5.41, 5.74) is 3.59. The predicted molar refractivity (Wildman–Crippen MR) is 87.9 cm³/mol. The van der Waals surface area contributed by atoms with Crippen molar-refractivity contribution in [1.29, 1.82) is 0 Å². The number of rotatable bonds is 1. The molecule has 4 rings (SSSR count). The van der Waals surface area contributed by atoms with Crippen LogP contribution in [0.2, 0.25) is 0 Å². The van der Waals surface area contributed by atoms with Crippen molar-refractivity contribution >= 4 is 27.3 Å². The van der Waals surface area contributed by atoms with Gasteiger partial charge in [0.25, 0.3) is 0 Å². The molecule has 0 atom stereocenters. The monoisotopic (exact) mass is 311 g/mol. The molecule has 0 amide bonds. The number of nitrogens with zero attached hydrogens (tertiary/aromatic N) is 3. The second kappa shape index (κ2) is 4.49. The van der Waals surface area contributed by atoms with Gasteiger partial charge in [-0.2, -0.15) is 5.10 Å². The van der Waals surface area contributed by atoms with Gasteiger partial charge in [-0.25, -0.2) is 9.67 Å². The van der Waals surface area contributed by atoms with Gasteiger partial charge in [-0.15, -0.1) is 0 Å². The number of fused-ring (bicyclic) bond motifs is 2. The van der Waals surface area contributed by atoms with E-state index in [0.717, 1.165) is 38.7 Å². The van der Waals surface area contributed by atoms with E-state index < -0.39 is 0 Å². The summed E-state index contributed by atoms with van der Waals surface area (Å²) in [7, 11) is 0. The third kappa shape index (κ3) is 2.00. The van der Waals surface area contributed by atoms with Crippen LogP contribution in [0, 0.1) is 12.3 Å². The van der Waals surface area contributed by atoms with Gasteiger partial charge < -0.3 is 0 Å². The second-order valence-corrected chi connectivity index (χ2v) is 7.73. The molecule has 0 saturated heterocycles. The highest BCUT2D eigenvalue weighted by Gasteiger charge is 2.36. The first-order valence-electron chi connectivity index (χ1n) is 7.42. The third-order valence-electron chi connectivity index (χ3n) is 4.18. The summed E-state index contributed by atoms with van der Waals surface area (Å²) in [6, 6.07) is 8.07. The number of para-hydroxylation sites is 1. The van der Waals surface area contributed by atoms with Gasteiger partial charge in [-0.1, -0.05) is 37.3 Å². The first kappa shape index (κ1) is 13.6. The van der Waals surface area contributed by atoms with Gasteiger partial charge in [0.15, 0.2) is 5.78 Å². The summed E-state index contributed by atoms with van der Waals surface area (Å²) < 4.78 is 3.02. The average molecular weight is 311 g/mol. The summed E-state index contributed by atoms with van der Waals surface area (Å²) in [5, 5.41) is 5.46. The molecule has 4 nitrogen and oxygen atoms in total. The van der Waals surface area contributed by atoms with Crippen molar-refractivity contribution in [2.75, 3.05) is 0 Å². The molecule has 0 N–H and O–H groups in total. The number of carbonyl (C=O) groups excluding carboxylic acids is 1. The van der Waals surface area contributed by atoms with Gasteiger partial charge in [0.2, 0.25) is 5.13 Å². The topological polar surface area (TPSA) is 47.8 Å². The minimum atomic E-state index is -0.0228. The smallest absolute Gasteiger partial charge is 0.211 e. The number of aromatic nitrogens is 3. The Kier molecular flexibility index (Phi) is 2.78. The number of carbonyl (C=O) groups is 1. The van der Waals surface area contributed by atoms with Gasteiger partial charge >= 0.3 is 0 Å². The van der Waals surface area contributed by atoms with E-state index in [0.29, 0.717) is 6.42 Å². The van der Waals surface area contributed by atoms with Crippen LogP contribution in [0.5, 0.6) is 0 Å². The summed E-state index contributed by atoms with van der Waals surface area (Å²) in [6.45, 7) is 6.19. The molecule has 0 radical (unpaired) electrons. The van der Waals surface area contributed by atoms with Crippen LogP contribution in [0.3, 0.4) is 0 Å². The van der Waals surface area contributed by atoms with Crippen LogP contribution in [0.25, 0.3) is 15.3 Å². The standard InChI is InChI=1S/C17H17N3OS/c1-10-15-12(8-17(2,3)9-13(15)21)20(19-10)16-18-11-6-4-5-7-14(11)22-16/h4-7H,8-9H2,1-3H3. The maximum absolute atomic E-state index is 12.5. The number of benzene rings is 1. The van der Waals surface area contributed by atoms with Gasteiger partial charge in [-0.3, -0.25) is 4.79 Å². The molecule has 0 bridgehead atoms. The summed E-state index contributed by atoms with van der Waals surface area (Å²) in [5.74, 6) is 0.205. The zero-order valence-electron chi connectivity index (χ0n) is 12.9. The minimum Gasteiger partial charge on any atom is -0.294 e. The highest BCUT2D eigenvalue weighted by molar-refractivity contribution is 7.20. The molecule has 1 aliphatic rings. The van der Waals surface area contributed by atoms with Crippen LogP contribution in [-0.4, -0.2) is 20.5 Å². The number of Topliss-reactive ketones (excluding diaryl/α,β-unsaturated/α-hetero) is 1. The van der Waals surface area contributed by atoms with Crippen LogP contribution in [0.4, 0.5) is 0 Å². The Bertz CT molecular complexity index is 871. The second-order valence-electron chi connectivity index (χ2n) is 6.72. The van der Waals surface area contributed by atoms with Crippen LogP contribution in [0.1, 0.15) is 42.0 Å². The fourth-order valence-corrected chi connectivity index (χ4v) is 4.19. The number of ketones is 1. The molecule has 112 valence electrons. The van der Waals surface area contributed by atoms with Crippen molar-refractivity contribution in [3.8, 4) is 5.13 Å². The van der Waals surface area contributed by atoms with Gasteiger partial charge in [0.1, 0.15) is 0 Å². The molecule has 0 unspecified atom stereocenters. The quantitative estimate of drug-likeness (QED) is 0.684. The van der Waals surface area contributed by atoms with Crippen molar-refractivity contribution < 1.29 is 4.79 Å². The van der Waals surface area contributed by atoms with Crippen molar-refractivity contribution in [2.45, 2.75) is 33.6 Å². The maximum atomic E-state index is 12.5. The Morgan fingerprint density at radius 1 is 1.23 bits per heavy atom. The van der Waals surface area contributed by atoms with Crippen molar-refractivity contribution in [3.05, 3.63) is 41.2 Å². The normalized spacial score (nSPS) is 17.0. The fraction of sp³-hybridized carbons (Fsp3) is 0.353. The van der Waals surface area contributed by atoms with Crippen LogP contribution < -0.4 is 0 Å². The Balaban J connectivity index is 1.93.